The average Bonchev–Trinajstić information content (AvgIpc) is 3.35. The molecule has 0 fully saturated rings. The standard InChI is InChI=1S/C22H27N3O3S/c1-4-25(5-2)12-13-27-19-9-7-17(8-10-19)23-21(26)14-18-15-29-22(24-18)20-11-6-16(3)28-20/h6-11,15H,4-5,12-14H2,1-3H3,(H,23,26). The van der Waals surface area contributed by atoms with Gasteiger partial charge < -0.3 is 19.4 Å². The van der Waals surface area contributed by atoms with Gasteiger partial charge in [0.1, 0.15) is 18.1 Å². The Hall–Kier alpha value is -2.64. The number of nitrogens with zero attached hydrogens (tertiary/aromatic N) is 2. The fourth-order valence-corrected chi connectivity index (χ4v) is 3.67. The molecule has 0 unspecified atom stereocenters. The quantitative estimate of drug-likeness (QED) is 0.526. The van der Waals surface area contributed by atoms with Gasteiger partial charge in [-0.15, -0.1) is 11.3 Å². The second-order valence-electron chi connectivity index (χ2n) is 6.68. The van der Waals surface area contributed by atoms with Crippen LogP contribution < -0.4 is 10.1 Å². The van der Waals surface area contributed by atoms with Crippen molar-refractivity contribution in [1.82, 2.24) is 9.88 Å². The van der Waals surface area contributed by atoms with Crippen LogP contribution in [0, 0.1) is 6.92 Å². The zero-order chi connectivity index (χ0) is 20.6. The molecule has 0 saturated heterocycles. The first-order valence-electron chi connectivity index (χ1n) is 9.83. The molecule has 154 valence electrons. The minimum Gasteiger partial charge on any atom is -0.492 e. The van der Waals surface area contributed by atoms with Crippen LogP contribution in [-0.4, -0.2) is 42.0 Å². The van der Waals surface area contributed by atoms with Gasteiger partial charge in [-0.1, -0.05) is 13.8 Å². The fourth-order valence-electron chi connectivity index (χ4n) is 2.89. The van der Waals surface area contributed by atoms with E-state index in [0.717, 1.165) is 53.3 Å². The van der Waals surface area contributed by atoms with Crippen LogP contribution in [0.4, 0.5) is 5.69 Å². The third kappa shape index (κ3) is 6.17. The maximum absolute atomic E-state index is 12.3. The van der Waals surface area contributed by atoms with Gasteiger partial charge in [0.05, 0.1) is 12.1 Å². The van der Waals surface area contributed by atoms with Crippen LogP contribution in [0.1, 0.15) is 25.3 Å². The summed E-state index contributed by atoms with van der Waals surface area (Å²) in [6.45, 7) is 9.77. The van der Waals surface area contributed by atoms with Crippen molar-refractivity contribution in [3.05, 3.63) is 53.2 Å². The molecule has 3 aromatic rings. The van der Waals surface area contributed by atoms with Crippen LogP contribution in [-0.2, 0) is 11.2 Å². The Morgan fingerprint density at radius 1 is 1.17 bits per heavy atom. The van der Waals surface area contributed by atoms with E-state index in [1.807, 2.05) is 48.7 Å². The molecule has 1 N–H and O–H groups in total. The Kier molecular flexibility index (Phi) is 7.43. The maximum Gasteiger partial charge on any atom is 0.230 e. The minimum absolute atomic E-state index is 0.104. The monoisotopic (exact) mass is 413 g/mol. The molecule has 7 heteroatoms. The van der Waals surface area contributed by atoms with E-state index in [-0.39, 0.29) is 12.3 Å². The zero-order valence-corrected chi connectivity index (χ0v) is 17.9. The number of thiazole rings is 1. The summed E-state index contributed by atoms with van der Waals surface area (Å²) < 4.78 is 11.4. The van der Waals surface area contributed by atoms with E-state index in [9.17, 15) is 4.79 Å². The normalized spacial score (nSPS) is 11.0. The summed E-state index contributed by atoms with van der Waals surface area (Å²) in [6, 6.07) is 11.2. The first-order valence-corrected chi connectivity index (χ1v) is 10.7. The number of hydrogen-bond acceptors (Lipinski definition) is 6. The van der Waals surface area contributed by atoms with Crippen LogP contribution in [0.25, 0.3) is 10.8 Å². The maximum atomic E-state index is 12.3. The van der Waals surface area contributed by atoms with Crippen molar-refractivity contribution in [3.63, 3.8) is 0 Å². The number of carbonyl (C=O) groups excluding carboxylic acids is 1. The van der Waals surface area contributed by atoms with Crippen molar-refractivity contribution in [2.75, 3.05) is 31.6 Å². The van der Waals surface area contributed by atoms with Gasteiger partial charge in [-0.3, -0.25) is 4.79 Å². The highest BCUT2D eigenvalue weighted by Gasteiger charge is 2.11. The van der Waals surface area contributed by atoms with Gasteiger partial charge in [-0.2, -0.15) is 0 Å². The minimum atomic E-state index is -0.104. The number of nitrogens with one attached hydrogen (secondary N) is 1. The molecule has 0 bridgehead atoms. The largest absolute Gasteiger partial charge is 0.492 e. The Bertz CT molecular complexity index is 914. The molecule has 3 rings (SSSR count). The number of hydrogen-bond donors (Lipinski definition) is 1. The highest BCUT2D eigenvalue weighted by Crippen LogP contribution is 2.26. The first-order chi connectivity index (χ1) is 14.1. The molecule has 0 spiro atoms. The van der Waals surface area contributed by atoms with Crippen molar-refractivity contribution in [2.45, 2.75) is 27.2 Å². The predicted octanol–water partition coefficient (Wildman–Crippen LogP) is 4.61. The molecule has 0 aliphatic rings. The summed E-state index contributed by atoms with van der Waals surface area (Å²) >= 11 is 1.47. The molecule has 2 aromatic heterocycles. The molecule has 1 aromatic carbocycles. The second-order valence-corrected chi connectivity index (χ2v) is 7.54. The number of aryl methyl sites for hydroxylation is 1. The molecule has 6 nitrogen and oxygen atoms in total. The van der Waals surface area contributed by atoms with E-state index in [4.69, 9.17) is 9.15 Å². The van der Waals surface area contributed by atoms with Gasteiger partial charge in [-0.25, -0.2) is 4.98 Å². The van der Waals surface area contributed by atoms with Crippen LogP contribution in [0.15, 0.2) is 46.2 Å². The van der Waals surface area contributed by atoms with E-state index < -0.39 is 0 Å². The van der Waals surface area contributed by atoms with Gasteiger partial charge in [0.15, 0.2) is 10.8 Å². The molecule has 0 aliphatic heterocycles. The van der Waals surface area contributed by atoms with Crippen molar-refractivity contribution in [3.8, 4) is 16.5 Å². The zero-order valence-electron chi connectivity index (χ0n) is 17.1. The van der Waals surface area contributed by atoms with Crippen LogP contribution in [0.5, 0.6) is 5.75 Å². The molecule has 29 heavy (non-hydrogen) atoms. The van der Waals surface area contributed by atoms with E-state index in [2.05, 4.69) is 29.0 Å². The predicted molar refractivity (Wildman–Crippen MR) is 117 cm³/mol. The average molecular weight is 414 g/mol. The summed E-state index contributed by atoms with van der Waals surface area (Å²) in [5.41, 5.74) is 1.47. The Labute approximate surface area is 175 Å². The third-order valence-corrected chi connectivity index (χ3v) is 5.46. The van der Waals surface area contributed by atoms with Gasteiger partial charge in [0.2, 0.25) is 5.91 Å². The lowest BCUT2D eigenvalue weighted by molar-refractivity contribution is -0.115. The Morgan fingerprint density at radius 3 is 2.59 bits per heavy atom. The SMILES string of the molecule is CCN(CC)CCOc1ccc(NC(=O)Cc2csc(-c3ccc(C)o3)n2)cc1. The van der Waals surface area contributed by atoms with Crippen molar-refractivity contribution in [2.24, 2.45) is 0 Å². The molecule has 0 radical (unpaired) electrons. The summed E-state index contributed by atoms with van der Waals surface area (Å²) in [4.78, 5) is 19.1. The number of rotatable bonds is 10. The number of aromatic nitrogens is 1. The van der Waals surface area contributed by atoms with Gasteiger partial charge in [0.25, 0.3) is 0 Å². The van der Waals surface area contributed by atoms with Crippen LogP contribution >= 0.6 is 11.3 Å². The van der Waals surface area contributed by atoms with Crippen molar-refractivity contribution < 1.29 is 13.9 Å². The molecule has 0 aliphatic carbocycles. The summed E-state index contributed by atoms with van der Waals surface area (Å²) in [7, 11) is 0. The molecule has 1 amide bonds. The number of furan rings is 1. The summed E-state index contributed by atoms with van der Waals surface area (Å²) in [5.74, 6) is 2.27. The Balaban J connectivity index is 1.47. The number of amides is 1. The summed E-state index contributed by atoms with van der Waals surface area (Å²) in [6.07, 6.45) is 0.221. The molecule has 2 heterocycles. The number of carbonyl (C=O) groups is 1. The van der Waals surface area contributed by atoms with Gasteiger partial charge in [-0.05, 0) is 56.4 Å². The second kappa shape index (κ2) is 10.2. The van der Waals surface area contributed by atoms with E-state index in [1.165, 1.54) is 11.3 Å². The number of likely N-dealkylation sites (N-methyl/N-ethyl adjacent to an activating group) is 1. The van der Waals surface area contributed by atoms with Crippen LogP contribution in [0.2, 0.25) is 0 Å². The van der Waals surface area contributed by atoms with Gasteiger partial charge in [0, 0.05) is 17.6 Å². The van der Waals surface area contributed by atoms with Gasteiger partial charge >= 0.3 is 0 Å². The topological polar surface area (TPSA) is 67.6 Å². The van der Waals surface area contributed by atoms with Crippen molar-refractivity contribution >= 4 is 22.9 Å². The third-order valence-electron chi connectivity index (χ3n) is 4.55. The smallest absolute Gasteiger partial charge is 0.230 e. The highest BCUT2D eigenvalue weighted by atomic mass is 32.1. The van der Waals surface area contributed by atoms with E-state index in [1.54, 1.807) is 0 Å². The fraction of sp³-hybridized carbons (Fsp3) is 0.364. The number of anilines is 1. The summed E-state index contributed by atoms with van der Waals surface area (Å²) in [5, 5.41) is 5.57. The number of benzene rings is 1. The van der Waals surface area contributed by atoms with E-state index >= 15 is 0 Å². The molecule has 0 atom stereocenters. The lowest BCUT2D eigenvalue weighted by atomic mass is 10.2. The van der Waals surface area contributed by atoms with Crippen LogP contribution in [0.3, 0.4) is 0 Å². The first kappa shape index (κ1) is 21.1. The molecular weight excluding hydrogens is 386 g/mol. The lowest BCUT2D eigenvalue weighted by Gasteiger charge is -2.18. The van der Waals surface area contributed by atoms with E-state index in [0.29, 0.717) is 6.61 Å². The Morgan fingerprint density at radius 2 is 1.93 bits per heavy atom. The molecular formula is C22H27N3O3S. The highest BCUT2D eigenvalue weighted by molar-refractivity contribution is 7.13. The number of ether oxygens (including phenoxy) is 1. The van der Waals surface area contributed by atoms with Crippen molar-refractivity contribution in [1.29, 1.82) is 0 Å². The lowest BCUT2D eigenvalue weighted by Crippen LogP contribution is -2.27. The molecule has 0 saturated carbocycles.